The number of fused-ring (bicyclic) bond motifs is 2. The fourth-order valence-electron chi connectivity index (χ4n) is 3.45. The Bertz CT molecular complexity index is 310. The molecule has 0 radical (unpaired) electrons. The molecule has 2 fully saturated rings. The Morgan fingerprint density at radius 2 is 2.05 bits per heavy atom. The minimum absolute atomic E-state index is 0.112. The zero-order valence-corrected chi connectivity index (χ0v) is 13.1. The van der Waals surface area contributed by atoms with Gasteiger partial charge < -0.3 is 14.6 Å². The zero-order chi connectivity index (χ0) is 14.4. The van der Waals surface area contributed by atoms with E-state index in [1.54, 1.807) is 0 Å². The molecule has 0 unspecified atom stereocenters. The summed E-state index contributed by atoms with van der Waals surface area (Å²) in [5.41, 5.74) is 0. The Labute approximate surface area is 125 Å². The van der Waals surface area contributed by atoms with Gasteiger partial charge in [-0.15, -0.1) is 0 Å². The normalized spacial score (nSPS) is 31.7. The fourth-order valence-corrected chi connectivity index (χ4v) is 4.75. The number of esters is 1. The molecular weight excluding hydrogens is 276 g/mol. The first-order chi connectivity index (χ1) is 9.76. The number of methoxy groups -OCH3 is 1. The molecule has 4 nitrogen and oxygen atoms in total. The summed E-state index contributed by atoms with van der Waals surface area (Å²) >= 11 is 1.97. The number of aliphatic hydroxyl groups is 1. The van der Waals surface area contributed by atoms with Crippen LogP contribution in [0.3, 0.4) is 0 Å². The van der Waals surface area contributed by atoms with E-state index in [1.165, 1.54) is 20.0 Å². The second-order valence-corrected chi connectivity index (χ2v) is 6.89. The van der Waals surface area contributed by atoms with Crippen LogP contribution in [0.1, 0.15) is 38.5 Å². The van der Waals surface area contributed by atoms with E-state index in [4.69, 9.17) is 4.74 Å². The zero-order valence-electron chi connectivity index (χ0n) is 12.3. The maximum atomic E-state index is 11.0. The van der Waals surface area contributed by atoms with Crippen LogP contribution in [0.5, 0.6) is 0 Å². The van der Waals surface area contributed by atoms with Gasteiger partial charge >= 0.3 is 5.97 Å². The summed E-state index contributed by atoms with van der Waals surface area (Å²) in [5.74, 6) is 3.29. The molecule has 0 amide bonds. The van der Waals surface area contributed by atoms with Gasteiger partial charge in [-0.2, -0.15) is 11.8 Å². The molecule has 0 saturated carbocycles. The van der Waals surface area contributed by atoms with E-state index < -0.39 is 0 Å². The monoisotopic (exact) mass is 302 g/mol. The second kappa shape index (κ2) is 8.25. The molecular formula is C15H26O4S. The van der Waals surface area contributed by atoms with Crippen molar-refractivity contribution in [1.29, 1.82) is 0 Å². The molecule has 0 aromatic heterocycles. The molecule has 116 valence electrons. The second-order valence-electron chi connectivity index (χ2n) is 5.74. The van der Waals surface area contributed by atoms with Gasteiger partial charge in [0.05, 0.1) is 19.3 Å². The molecule has 1 N–H and O–H groups in total. The van der Waals surface area contributed by atoms with E-state index in [9.17, 15) is 9.90 Å². The first-order valence-corrected chi connectivity index (χ1v) is 8.82. The van der Waals surface area contributed by atoms with Crippen molar-refractivity contribution < 1.29 is 19.4 Å². The molecule has 0 aromatic carbocycles. The van der Waals surface area contributed by atoms with Crippen LogP contribution in [-0.4, -0.2) is 48.5 Å². The number of ether oxygens (including phenoxy) is 2. The largest absolute Gasteiger partial charge is 0.469 e. The van der Waals surface area contributed by atoms with E-state index >= 15 is 0 Å². The standard InChI is InChI=1S/C15H26O4S/c1-18-15(17)4-2-3-9-20-10-12-11(7-8-16)13-5-6-14(12)19-13/h11-14,16H,2-10H2,1H3/t11-,12+,13-,14+/m0/s1. The molecule has 2 bridgehead atoms. The highest BCUT2D eigenvalue weighted by Crippen LogP contribution is 2.46. The van der Waals surface area contributed by atoms with Crippen molar-refractivity contribution >= 4 is 17.7 Å². The van der Waals surface area contributed by atoms with Crippen LogP contribution >= 0.6 is 11.8 Å². The van der Waals surface area contributed by atoms with Crippen molar-refractivity contribution in [2.75, 3.05) is 25.2 Å². The number of aliphatic hydroxyl groups excluding tert-OH is 1. The summed E-state index contributed by atoms with van der Waals surface area (Å²) in [5, 5.41) is 9.18. The van der Waals surface area contributed by atoms with E-state index in [1.807, 2.05) is 11.8 Å². The number of carbonyl (C=O) groups is 1. The minimum Gasteiger partial charge on any atom is -0.469 e. The number of thioether (sulfide) groups is 1. The highest BCUT2D eigenvalue weighted by Gasteiger charge is 2.47. The number of carbonyl (C=O) groups excluding carboxylic acids is 1. The van der Waals surface area contributed by atoms with Crippen molar-refractivity contribution in [3.63, 3.8) is 0 Å². The first-order valence-electron chi connectivity index (χ1n) is 7.67. The molecule has 2 aliphatic heterocycles. The van der Waals surface area contributed by atoms with Gasteiger partial charge in [0.1, 0.15) is 0 Å². The van der Waals surface area contributed by atoms with E-state index in [0.717, 1.165) is 30.8 Å². The summed E-state index contributed by atoms with van der Waals surface area (Å²) in [6, 6.07) is 0. The summed E-state index contributed by atoms with van der Waals surface area (Å²) < 4.78 is 10.6. The van der Waals surface area contributed by atoms with Crippen LogP contribution in [0, 0.1) is 11.8 Å². The predicted octanol–water partition coefficient (Wildman–Crippen LogP) is 2.24. The average molecular weight is 302 g/mol. The lowest BCUT2D eigenvalue weighted by molar-refractivity contribution is -0.140. The van der Waals surface area contributed by atoms with Gasteiger partial charge in [-0.05, 0) is 55.4 Å². The number of hydrogen-bond acceptors (Lipinski definition) is 5. The van der Waals surface area contributed by atoms with Crippen LogP contribution in [0.25, 0.3) is 0 Å². The molecule has 2 heterocycles. The van der Waals surface area contributed by atoms with Crippen molar-refractivity contribution in [2.24, 2.45) is 11.8 Å². The number of rotatable bonds is 9. The Hall–Kier alpha value is -0.260. The molecule has 0 spiro atoms. The summed E-state index contributed by atoms with van der Waals surface area (Å²) in [7, 11) is 1.44. The van der Waals surface area contributed by atoms with Gasteiger partial charge in [-0.25, -0.2) is 0 Å². The highest BCUT2D eigenvalue weighted by molar-refractivity contribution is 7.99. The van der Waals surface area contributed by atoms with Crippen molar-refractivity contribution in [3.05, 3.63) is 0 Å². The van der Waals surface area contributed by atoms with E-state index in [0.29, 0.717) is 30.5 Å². The minimum atomic E-state index is -0.112. The van der Waals surface area contributed by atoms with Crippen LogP contribution < -0.4 is 0 Å². The SMILES string of the molecule is COC(=O)CCCCSC[C@@H]1[C@H](CCO)[C@@H]2CC[C@H]1O2. The van der Waals surface area contributed by atoms with Crippen molar-refractivity contribution in [2.45, 2.75) is 50.7 Å². The maximum Gasteiger partial charge on any atom is 0.305 e. The Morgan fingerprint density at radius 1 is 1.30 bits per heavy atom. The van der Waals surface area contributed by atoms with Gasteiger partial charge in [0.25, 0.3) is 0 Å². The lowest BCUT2D eigenvalue weighted by Crippen LogP contribution is -2.29. The topological polar surface area (TPSA) is 55.8 Å². The molecule has 0 aromatic rings. The van der Waals surface area contributed by atoms with Gasteiger partial charge in [0.2, 0.25) is 0 Å². The van der Waals surface area contributed by atoms with Crippen molar-refractivity contribution in [1.82, 2.24) is 0 Å². The van der Waals surface area contributed by atoms with Crippen LogP contribution in [0.15, 0.2) is 0 Å². The summed E-state index contributed by atoms with van der Waals surface area (Å²) in [4.78, 5) is 11.0. The Kier molecular flexibility index (Phi) is 6.65. The third-order valence-corrected chi connectivity index (χ3v) is 5.71. The fraction of sp³-hybridized carbons (Fsp3) is 0.933. The van der Waals surface area contributed by atoms with E-state index in [-0.39, 0.29) is 12.6 Å². The molecule has 2 rings (SSSR count). The molecule has 4 atom stereocenters. The van der Waals surface area contributed by atoms with Crippen LogP contribution in [0.2, 0.25) is 0 Å². The molecule has 2 aliphatic rings. The van der Waals surface area contributed by atoms with Crippen LogP contribution in [-0.2, 0) is 14.3 Å². The van der Waals surface area contributed by atoms with Gasteiger partial charge in [0.15, 0.2) is 0 Å². The van der Waals surface area contributed by atoms with Gasteiger partial charge in [-0.1, -0.05) is 0 Å². The number of unbranched alkanes of at least 4 members (excludes halogenated alkanes) is 1. The highest BCUT2D eigenvalue weighted by atomic mass is 32.2. The first kappa shape index (κ1) is 16.1. The predicted molar refractivity (Wildman–Crippen MR) is 79.8 cm³/mol. The Balaban J connectivity index is 1.60. The lowest BCUT2D eigenvalue weighted by atomic mass is 9.79. The summed E-state index contributed by atoms with van der Waals surface area (Å²) in [6.07, 6.45) is 6.58. The lowest BCUT2D eigenvalue weighted by Gasteiger charge is -2.27. The van der Waals surface area contributed by atoms with Crippen LogP contribution in [0.4, 0.5) is 0 Å². The molecule has 0 aliphatic carbocycles. The quantitative estimate of drug-likeness (QED) is 0.523. The molecule has 5 heteroatoms. The van der Waals surface area contributed by atoms with Gasteiger partial charge in [-0.3, -0.25) is 4.79 Å². The maximum absolute atomic E-state index is 11.0. The number of hydrogen-bond donors (Lipinski definition) is 1. The third kappa shape index (κ3) is 4.12. The average Bonchev–Trinajstić information content (AvgIpc) is 3.05. The molecule has 2 saturated heterocycles. The van der Waals surface area contributed by atoms with E-state index in [2.05, 4.69) is 4.74 Å². The third-order valence-electron chi connectivity index (χ3n) is 4.51. The van der Waals surface area contributed by atoms with Crippen molar-refractivity contribution in [3.8, 4) is 0 Å². The molecule has 20 heavy (non-hydrogen) atoms. The smallest absolute Gasteiger partial charge is 0.305 e. The Morgan fingerprint density at radius 3 is 2.75 bits per heavy atom. The summed E-state index contributed by atoms with van der Waals surface area (Å²) in [6.45, 7) is 0.275. The van der Waals surface area contributed by atoms with Gasteiger partial charge in [0, 0.05) is 13.0 Å².